The molecule has 5 nitrogen and oxygen atoms in total. The smallest absolute Gasteiger partial charge is 0.344 e. The lowest BCUT2D eigenvalue weighted by Crippen LogP contribution is -2.32. The van der Waals surface area contributed by atoms with Gasteiger partial charge in [-0.15, -0.1) is 0 Å². The fourth-order valence-corrected chi connectivity index (χ4v) is 4.31. The van der Waals surface area contributed by atoms with E-state index in [1.807, 2.05) is 84.9 Å². The Balaban J connectivity index is 1.28. The van der Waals surface area contributed by atoms with Gasteiger partial charge in [0.05, 0.1) is 17.5 Å². The number of ether oxygens (including phenoxy) is 2. The molecule has 0 atom stereocenters. The first-order valence-corrected chi connectivity index (χ1v) is 10.9. The normalized spacial score (nSPS) is 13.0. The van der Waals surface area contributed by atoms with E-state index in [9.17, 15) is 4.79 Å². The van der Waals surface area contributed by atoms with Gasteiger partial charge in [0.1, 0.15) is 23.7 Å². The van der Waals surface area contributed by atoms with Gasteiger partial charge in [0.2, 0.25) is 0 Å². The molecule has 0 radical (unpaired) electrons. The highest BCUT2D eigenvalue weighted by Crippen LogP contribution is 2.36. The van der Waals surface area contributed by atoms with Crippen molar-refractivity contribution in [2.24, 2.45) is 0 Å². The molecule has 0 saturated heterocycles. The average molecular weight is 435 g/mol. The van der Waals surface area contributed by atoms with Crippen LogP contribution in [0.4, 0.5) is 5.69 Å². The minimum atomic E-state index is -0.330. The molecule has 0 fully saturated rings. The van der Waals surface area contributed by atoms with Crippen LogP contribution in [0.25, 0.3) is 21.7 Å². The minimum absolute atomic E-state index is 0.330. The Bertz CT molecular complexity index is 1510. The third-order valence-electron chi connectivity index (χ3n) is 6.02. The lowest BCUT2D eigenvalue weighted by molar-refractivity contribution is 0.288. The predicted octanol–water partition coefficient (Wildman–Crippen LogP) is 5.88. The molecule has 0 N–H and O–H groups in total. The van der Waals surface area contributed by atoms with Crippen LogP contribution < -0.4 is 20.0 Å². The van der Waals surface area contributed by atoms with Gasteiger partial charge in [0, 0.05) is 11.1 Å². The molecule has 0 aliphatic carbocycles. The Labute approximate surface area is 190 Å². The van der Waals surface area contributed by atoms with Crippen molar-refractivity contribution in [1.82, 2.24) is 0 Å². The fraction of sp³-hybridized carbons (Fsp3) is 0.107. The van der Waals surface area contributed by atoms with Crippen LogP contribution in [0.15, 0.2) is 100 Å². The summed E-state index contributed by atoms with van der Waals surface area (Å²) in [7, 11) is 0. The second-order valence-electron chi connectivity index (χ2n) is 8.09. The first-order valence-electron chi connectivity index (χ1n) is 10.9. The molecule has 1 aliphatic rings. The van der Waals surface area contributed by atoms with Gasteiger partial charge in [-0.1, -0.05) is 48.5 Å². The molecule has 4 aromatic carbocycles. The lowest BCUT2D eigenvalue weighted by atomic mass is 10.0. The van der Waals surface area contributed by atoms with E-state index in [4.69, 9.17) is 13.9 Å². The average Bonchev–Trinajstić information content (AvgIpc) is 2.88. The van der Waals surface area contributed by atoms with Crippen molar-refractivity contribution in [3.05, 3.63) is 113 Å². The van der Waals surface area contributed by atoms with E-state index in [-0.39, 0.29) is 5.63 Å². The standard InChI is InChI=1S/C28H21NO4/c30-28-24-9-5-4-8-22(24)23-14-15-26-25(27(23)33-28)16-29(18-32-26)20-10-12-21(13-11-20)31-17-19-6-2-1-3-7-19/h1-15H,16-18H2. The number of benzene rings is 4. The first-order chi connectivity index (χ1) is 16.3. The molecule has 0 saturated carbocycles. The van der Waals surface area contributed by atoms with E-state index in [0.717, 1.165) is 39.1 Å². The Morgan fingerprint density at radius 2 is 1.55 bits per heavy atom. The molecule has 0 amide bonds. The van der Waals surface area contributed by atoms with Crippen LogP contribution in [-0.2, 0) is 13.2 Å². The summed E-state index contributed by atoms with van der Waals surface area (Å²) in [6.45, 7) is 1.53. The summed E-state index contributed by atoms with van der Waals surface area (Å²) in [5.41, 5.74) is 3.27. The fourth-order valence-electron chi connectivity index (χ4n) is 4.31. The monoisotopic (exact) mass is 435 g/mol. The number of hydrogen-bond donors (Lipinski definition) is 0. The molecule has 1 aromatic heterocycles. The number of hydrogen-bond acceptors (Lipinski definition) is 5. The van der Waals surface area contributed by atoms with Gasteiger partial charge in [0.15, 0.2) is 6.73 Å². The van der Waals surface area contributed by atoms with Crippen molar-refractivity contribution in [2.75, 3.05) is 11.6 Å². The molecule has 5 heteroatoms. The quantitative estimate of drug-likeness (QED) is 0.261. The van der Waals surface area contributed by atoms with Gasteiger partial charge in [-0.3, -0.25) is 0 Å². The van der Waals surface area contributed by atoms with E-state index in [0.29, 0.717) is 30.9 Å². The zero-order valence-electron chi connectivity index (χ0n) is 17.9. The summed E-state index contributed by atoms with van der Waals surface area (Å²) in [5, 5.41) is 2.40. The molecular formula is C28H21NO4. The molecule has 0 unspecified atom stereocenters. The van der Waals surface area contributed by atoms with Crippen LogP contribution in [0.5, 0.6) is 11.5 Å². The first kappa shape index (κ1) is 19.4. The second kappa shape index (κ2) is 8.02. The summed E-state index contributed by atoms with van der Waals surface area (Å²) in [6, 6.07) is 29.5. The van der Waals surface area contributed by atoms with Crippen molar-refractivity contribution in [3.8, 4) is 11.5 Å². The predicted molar refractivity (Wildman–Crippen MR) is 129 cm³/mol. The van der Waals surface area contributed by atoms with Crippen LogP contribution >= 0.6 is 0 Å². The summed E-state index contributed by atoms with van der Waals surface area (Å²) in [6.07, 6.45) is 0. The zero-order valence-corrected chi connectivity index (χ0v) is 17.9. The summed E-state index contributed by atoms with van der Waals surface area (Å²) < 4.78 is 17.7. The Morgan fingerprint density at radius 1 is 0.788 bits per heavy atom. The van der Waals surface area contributed by atoms with Gasteiger partial charge in [-0.05, 0) is 53.4 Å². The number of fused-ring (bicyclic) bond motifs is 5. The van der Waals surface area contributed by atoms with Crippen molar-refractivity contribution < 1.29 is 13.9 Å². The van der Waals surface area contributed by atoms with Crippen LogP contribution in [0.3, 0.4) is 0 Å². The van der Waals surface area contributed by atoms with E-state index in [1.165, 1.54) is 0 Å². The van der Waals surface area contributed by atoms with E-state index >= 15 is 0 Å². The number of nitrogens with zero attached hydrogens (tertiary/aromatic N) is 1. The zero-order chi connectivity index (χ0) is 22.2. The molecule has 0 bridgehead atoms. The van der Waals surface area contributed by atoms with Gasteiger partial charge in [-0.2, -0.15) is 0 Å². The maximum atomic E-state index is 12.6. The van der Waals surface area contributed by atoms with Gasteiger partial charge in [-0.25, -0.2) is 4.79 Å². The van der Waals surface area contributed by atoms with E-state index in [1.54, 1.807) is 6.07 Å². The topological polar surface area (TPSA) is 51.9 Å². The highest BCUT2D eigenvalue weighted by atomic mass is 16.5. The SMILES string of the molecule is O=c1oc2c3c(ccc2c2ccccc12)OCN(c1ccc(OCc2ccccc2)cc1)C3. The molecule has 33 heavy (non-hydrogen) atoms. The van der Waals surface area contributed by atoms with Crippen LogP contribution in [0.1, 0.15) is 11.1 Å². The van der Waals surface area contributed by atoms with Crippen molar-refractivity contribution >= 4 is 27.4 Å². The summed E-state index contributed by atoms with van der Waals surface area (Å²) in [4.78, 5) is 14.7. The number of anilines is 1. The van der Waals surface area contributed by atoms with Crippen molar-refractivity contribution in [1.29, 1.82) is 0 Å². The van der Waals surface area contributed by atoms with Crippen LogP contribution in [0, 0.1) is 0 Å². The molecule has 2 heterocycles. The molecular weight excluding hydrogens is 414 g/mol. The largest absolute Gasteiger partial charge is 0.489 e. The Hall–Kier alpha value is -4.25. The lowest BCUT2D eigenvalue weighted by Gasteiger charge is -2.31. The number of rotatable bonds is 4. The third kappa shape index (κ3) is 3.57. The maximum Gasteiger partial charge on any atom is 0.344 e. The van der Waals surface area contributed by atoms with Crippen molar-refractivity contribution in [3.63, 3.8) is 0 Å². The van der Waals surface area contributed by atoms with Gasteiger partial charge >= 0.3 is 5.63 Å². The van der Waals surface area contributed by atoms with Gasteiger partial charge < -0.3 is 18.8 Å². The minimum Gasteiger partial charge on any atom is -0.489 e. The van der Waals surface area contributed by atoms with Crippen molar-refractivity contribution in [2.45, 2.75) is 13.2 Å². The highest BCUT2D eigenvalue weighted by molar-refractivity contribution is 6.05. The molecule has 0 spiro atoms. The molecule has 162 valence electrons. The van der Waals surface area contributed by atoms with Crippen LogP contribution in [-0.4, -0.2) is 6.73 Å². The highest BCUT2D eigenvalue weighted by Gasteiger charge is 2.23. The van der Waals surface area contributed by atoms with E-state index in [2.05, 4.69) is 4.90 Å². The summed E-state index contributed by atoms with van der Waals surface area (Å²) >= 11 is 0. The Morgan fingerprint density at radius 3 is 2.36 bits per heavy atom. The third-order valence-corrected chi connectivity index (χ3v) is 6.02. The molecule has 5 aromatic rings. The molecule has 6 rings (SSSR count). The van der Waals surface area contributed by atoms with Crippen LogP contribution in [0.2, 0.25) is 0 Å². The van der Waals surface area contributed by atoms with E-state index < -0.39 is 0 Å². The summed E-state index contributed by atoms with van der Waals surface area (Å²) in [5.74, 6) is 1.56. The maximum absolute atomic E-state index is 12.6. The van der Waals surface area contributed by atoms with Gasteiger partial charge in [0.25, 0.3) is 0 Å². The molecule has 1 aliphatic heterocycles. The Kier molecular flexibility index (Phi) is 4.73. The second-order valence-corrected chi connectivity index (χ2v) is 8.09.